The number of aliphatic hydroxyl groups excluding tert-OH is 1. The number of unbranched alkanes of at least 4 members (excludes halogenated alkanes) is 1. The van der Waals surface area contributed by atoms with Gasteiger partial charge in [-0.3, -0.25) is 4.98 Å². The van der Waals surface area contributed by atoms with Crippen LogP contribution < -0.4 is 9.47 Å². The van der Waals surface area contributed by atoms with E-state index in [0.29, 0.717) is 19.6 Å². The Morgan fingerprint density at radius 2 is 1.74 bits per heavy atom. The van der Waals surface area contributed by atoms with Gasteiger partial charge < -0.3 is 14.6 Å². The number of pyridine rings is 1. The summed E-state index contributed by atoms with van der Waals surface area (Å²) in [6.45, 7) is 6.66. The van der Waals surface area contributed by atoms with E-state index in [0.717, 1.165) is 46.7 Å². The number of rotatable bonds is 10. The Kier molecular flexibility index (Phi) is 8.01. The summed E-state index contributed by atoms with van der Waals surface area (Å²) in [4.78, 5) is 4.58. The Bertz CT molecular complexity index is 1000. The zero-order chi connectivity index (χ0) is 22.2. The van der Waals surface area contributed by atoms with Gasteiger partial charge in [-0.2, -0.15) is 0 Å². The summed E-state index contributed by atoms with van der Waals surface area (Å²) in [6, 6.07) is 16.6. The molecule has 3 aromatic rings. The van der Waals surface area contributed by atoms with Crippen LogP contribution in [-0.4, -0.2) is 29.4 Å². The van der Waals surface area contributed by atoms with Crippen molar-refractivity contribution in [2.75, 3.05) is 13.2 Å². The van der Waals surface area contributed by atoms with Gasteiger partial charge in [0.25, 0.3) is 0 Å². The van der Waals surface area contributed by atoms with Crippen LogP contribution in [0.25, 0.3) is 11.3 Å². The highest BCUT2D eigenvalue weighted by atomic mass is 19.1. The normalized spacial score (nSPS) is 11.9. The second-order valence-electron chi connectivity index (χ2n) is 7.87. The first-order valence-corrected chi connectivity index (χ1v) is 10.7. The first-order valence-electron chi connectivity index (χ1n) is 10.7. The molecule has 0 bridgehead atoms. The van der Waals surface area contributed by atoms with Crippen LogP contribution in [0.15, 0.2) is 54.6 Å². The number of aromatic nitrogens is 1. The van der Waals surface area contributed by atoms with Gasteiger partial charge in [-0.1, -0.05) is 18.2 Å². The van der Waals surface area contributed by atoms with Gasteiger partial charge in [0.05, 0.1) is 25.0 Å². The second kappa shape index (κ2) is 10.9. The van der Waals surface area contributed by atoms with E-state index in [-0.39, 0.29) is 17.7 Å². The molecule has 31 heavy (non-hydrogen) atoms. The van der Waals surface area contributed by atoms with E-state index in [1.54, 1.807) is 19.1 Å². The molecule has 0 radical (unpaired) electrons. The van der Waals surface area contributed by atoms with Crippen LogP contribution in [-0.2, 0) is 6.42 Å². The zero-order valence-electron chi connectivity index (χ0n) is 18.4. The van der Waals surface area contributed by atoms with Crippen LogP contribution in [0.4, 0.5) is 4.39 Å². The van der Waals surface area contributed by atoms with Crippen LogP contribution in [0.2, 0.25) is 0 Å². The van der Waals surface area contributed by atoms with Crippen molar-refractivity contribution in [3.05, 3.63) is 77.2 Å². The highest BCUT2D eigenvalue weighted by Gasteiger charge is 2.10. The van der Waals surface area contributed by atoms with Crippen molar-refractivity contribution in [2.24, 2.45) is 0 Å². The third kappa shape index (κ3) is 6.79. The minimum absolute atomic E-state index is 0.243. The summed E-state index contributed by atoms with van der Waals surface area (Å²) in [6.07, 6.45) is 1.77. The van der Waals surface area contributed by atoms with E-state index in [4.69, 9.17) is 9.47 Å². The molecule has 4 nitrogen and oxygen atoms in total. The number of aliphatic hydroxyl groups is 1. The number of hydrogen-bond acceptors (Lipinski definition) is 4. The highest BCUT2D eigenvalue weighted by molar-refractivity contribution is 5.64. The zero-order valence-corrected chi connectivity index (χ0v) is 18.4. The lowest BCUT2D eigenvalue weighted by Gasteiger charge is -2.12. The van der Waals surface area contributed by atoms with Crippen molar-refractivity contribution in [3.63, 3.8) is 0 Å². The first-order chi connectivity index (χ1) is 14.9. The summed E-state index contributed by atoms with van der Waals surface area (Å²) in [5.41, 5.74) is 4.69. The minimum Gasteiger partial charge on any atom is -0.494 e. The Balaban J connectivity index is 1.48. The largest absolute Gasteiger partial charge is 0.494 e. The molecule has 1 N–H and O–H groups in total. The van der Waals surface area contributed by atoms with Crippen LogP contribution in [0, 0.1) is 19.7 Å². The Labute approximate surface area is 183 Å². The molecular formula is C26H30FNO3. The summed E-state index contributed by atoms with van der Waals surface area (Å²) in [5.74, 6) is 0.658. The first kappa shape index (κ1) is 22.8. The molecule has 0 aliphatic heterocycles. The Morgan fingerprint density at radius 1 is 0.968 bits per heavy atom. The van der Waals surface area contributed by atoms with Crippen molar-refractivity contribution in [3.8, 4) is 22.8 Å². The number of hydrogen-bond donors (Lipinski definition) is 1. The molecule has 1 unspecified atom stereocenters. The van der Waals surface area contributed by atoms with E-state index in [9.17, 15) is 9.50 Å². The van der Waals surface area contributed by atoms with Crippen molar-refractivity contribution in [2.45, 2.75) is 46.1 Å². The Hall–Kier alpha value is -2.92. The molecule has 0 aliphatic carbocycles. The lowest BCUT2D eigenvalue weighted by atomic mass is 10.1. The third-order valence-electron chi connectivity index (χ3n) is 4.94. The number of halogens is 1. The predicted octanol–water partition coefficient (Wildman–Crippen LogP) is 5.67. The SMILES string of the molecule is Cc1ccc(C)c(-c2ccc(F)c(OCCCCOc3cccc(CC(C)O)c3)c2)n1. The topological polar surface area (TPSA) is 51.6 Å². The summed E-state index contributed by atoms with van der Waals surface area (Å²) < 4.78 is 25.7. The van der Waals surface area contributed by atoms with Gasteiger partial charge in [0.1, 0.15) is 5.75 Å². The molecule has 2 aromatic carbocycles. The fourth-order valence-electron chi connectivity index (χ4n) is 3.36. The molecule has 5 heteroatoms. The van der Waals surface area contributed by atoms with Crippen LogP contribution in [0.1, 0.15) is 36.6 Å². The number of nitrogens with zero attached hydrogens (tertiary/aromatic N) is 1. The summed E-state index contributed by atoms with van der Waals surface area (Å²) in [7, 11) is 0. The van der Waals surface area contributed by atoms with Gasteiger partial charge in [0.15, 0.2) is 11.6 Å². The maximum absolute atomic E-state index is 14.2. The van der Waals surface area contributed by atoms with Gasteiger partial charge in [-0.15, -0.1) is 0 Å². The van der Waals surface area contributed by atoms with Gasteiger partial charge in [0, 0.05) is 11.3 Å². The number of ether oxygens (including phenoxy) is 2. The molecule has 164 valence electrons. The van der Waals surface area contributed by atoms with Crippen molar-refractivity contribution < 1.29 is 19.0 Å². The predicted molar refractivity (Wildman–Crippen MR) is 121 cm³/mol. The molecule has 3 rings (SSSR count). The fraction of sp³-hybridized carbons (Fsp3) is 0.346. The standard InChI is InChI=1S/C26H30FNO3/c1-18-9-10-19(2)28-26(18)22-11-12-24(27)25(17-22)31-14-5-4-13-30-23-8-6-7-21(16-23)15-20(3)29/h6-12,16-17,20,29H,4-5,13-15H2,1-3H3. The minimum atomic E-state index is -0.378. The van der Waals surface area contributed by atoms with E-state index in [1.807, 2.05) is 50.2 Å². The number of benzene rings is 2. The van der Waals surface area contributed by atoms with Crippen molar-refractivity contribution in [1.29, 1.82) is 0 Å². The van der Waals surface area contributed by atoms with Gasteiger partial charge >= 0.3 is 0 Å². The average molecular weight is 424 g/mol. The van der Waals surface area contributed by atoms with Crippen LogP contribution in [0.3, 0.4) is 0 Å². The number of aryl methyl sites for hydroxylation is 2. The lowest BCUT2D eigenvalue weighted by Crippen LogP contribution is -2.05. The van der Waals surface area contributed by atoms with Gasteiger partial charge in [-0.05, 0) is 87.6 Å². The van der Waals surface area contributed by atoms with E-state index < -0.39 is 0 Å². The lowest BCUT2D eigenvalue weighted by molar-refractivity contribution is 0.195. The fourth-order valence-corrected chi connectivity index (χ4v) is 3.36. The molecule has 0 amide bonds. The molecule has 1 heterocycles. The second-order valence-corrected chi connectivity index (χ2v) is 7.87. The molecule has 0 saturated carbocycles. The smallest absolute Gasteiger partial charge is 0.165 e. The molecule has 0 fully saturated rings. The van der Waals surface area contributed by atoms with Gasteiger partial charge in [0.2, 0.25) is 0 Å². The molecule has 0 spiro atoms. The third-order valence-corrected chi connectivity index (χ3v) is 4.94. The van der Waals surface area contributed by atoms with E-state index in [1.165, 1.54) is 6.07 Å². The van der Waals surface area contributed by atoms with E-state index >= 15 is 0 Å². The molecule has 0 saturated heterocycles. The molecule has 1 aromatic heterocycles. The quantitative estimate of drug-likeness (QED) is 0.427. The van der Waals surface area contributed by atoms with Crippen LogP contribution >= 0.6 is 0 Å². The maximum atomic E-state index is 14.2. The monoisotopic (exact) mass is 423 g/mol. The summed E-state index contributed by atoms with van der Waals surface area (Å²) in [5, 5.41) is 9.51. The molecule has 0 aliphatic rings. The van der Waals surface area contributed by atoms with Crippen LogP contribution in [0.5, 0.6) is 11.5 Å². The molecule has 1 atom stereocenters. The van der Waals surface area contributed by atoms with E-state index in [2.05, 4.69) is 4.98 Å². The van der Waals surface area contributed by atoms with Gasteiger partial charge in [-0.25, -0.2) is 4.39 Å². The van der Waals surface area contributed by atoms with Crippen molar-refractivity contribution in [1.82, 2.24) is 4.98 Å². The molecular weight excluding hydrogens is 393 g/mol. The summed E-state index contributed by atoms with van der Waals surface area (Å²) >= 11 is 0. The Morgan fingerprint density at radius 3 is 2.52 bits per heavy atom. The average Bonchev–Trinajstić information content (AvgIpc) is 2.73. The maximum Gasteiger partial charge on any atom is 0.165 e. The van der Waals surface area contributed by atoms with Crippen molar-refractivity contribution >= 4 is 0 Å². The highest BCUT2D eigenvalue weighted by Crippen LogP contribution is 2.28.